The molecule has 0 saturated heterocycles. The molecule has 0 saturated carbocycles. The average molecular weight is 404 g/mol. The maximum Gasteiger partial charge on any atom is 0.264 e. The van der Waals surface area contributed by atoms with E-state index in [2.05, 4.69) is 21.8 Å². The zero-order valence-corrected chi connectivity index (χ0v) is 16.8. The lowest BCUT2D eigenvalue weighted by Crippen LogP contribution is -2.39. The molecule has 0 aromatic heterocycles. The average Bonchev–Trinajstić information content (AvgIpc) is 2.71. The molecule has 0 unspecified atom stereocenters. The molecule has 0 spiro atoms. The Labute approximate surface area is 165 Å². The van der Waals surface area contributed by atoms with Gasteiger partial charge < -0.3 is 9.47 Å². The smallest absolute Gasteiger partial charge is 0.264 e. The number of rotatable bonds is 7. The number of hydrogen-bond acceptors (Lipinski definition) is 6. The second-order valence-electron chi connectivity index (χ2n) is 6.65. The van der Waals surface area contributed by atoms with Crippen molar-refractivity contribution >= 4 is 15.9 Å². The molecular formula is C20H24N2O5S. The Morgan fingerprint density at radius 3 is 2.36 bits per heavy atom. The van der Waals surface area contributed by atoms with Gasteiger partial charge in [0, 0.05) is 31.3 Å². The molecule has 1 amide bonds. The number of hydrogen-bond donors (Lipinski definition) is 1. The summed E-state index contributed by atoms with van der Waals surface area (Å²) in [5.41, 5.74) is 2.69. The van der Waals surface area contributed by atoms with Crippen LogP contribution >= 0.6 is 0 Å². The molecule has 0 aliphatic carbocycles. The Bertz CT molecular complexity index is 937. The largest absolute Gasteiger partial charge is 0.497 e. The van der Waals surface area contributed by atoms with Crippen LogP contribution in [0.1, 0.15) is 21.5 Å². The third-order valence-corrected chi connectivity index (χ3v) is 5.96. The van der Waals surface area contributed by atoms with Crippen molar-refractivity contribution in [2.45, 2.75) is 13.0 Å². The van der Waals surface area contributed by atoms with Crippen LogP contribution in [-0.4, -0.2) is 52.3 Å². The quantitative estimate of drug-likeness (QED) is 0.758. The van der Waals surface area contributed by atoms with E-state index in [1.165, 1.54) is 37.5 Å². The number of nitrogens with one attached hydrogen (secondary N) is 1. The molecule has 2 aromatic rings. The van der Waals surface area contributed by atoms with Gasteiger partial charge in [0.05, 0.1) is 20.0 Å². The van der Waals surface area contributed by atoms with Crippen LogP contribution in [0.25, 0.3) is 0 Å². The molecule has 3 rings (SSSR count). The number of fused-ring (bicyclic) bond motifs is 1. The van der Waals surface area contributed by atoms with Crippen molar-refractivity contribution < 1.29 is 22.7 Å². The van der Waals surface area contributed by atoms with Gasteiger partial charge in [-0.1, -0.05) is 24.3 Å². The first-order chi connectivity index (χ1) is 13.4. The van der Waals surface area contributed by atoms with Crippen molar-refractivity contribution in [1.82, 2.24) is 9.62 Å². The molecule has 0 atom stereocenters. The van der Waals surface area contributed by atoms with Gasteiger partial charge in [-0.25, -0.2) is 13.1 Å². The van der Waals surface area contributed by atoms with Gasteiger partial charge in [0.1, 0.15) is 11.5 Å². The zero-order valence-electron chi connectivity index (χ0n) is 16.0. The van der Waals surface area contributed by atoms with Gasteiger partial charge in [-0.05, 0) is 29.7 Å². The van der Waals surface area contributed by atoms with Crippen molar-refractivity contribution in [3.63, 3.8) is 0 Å². The van der Waals surface area contributed by atoms with E-state index in [-0.39, 0.29) is 11.3 Å². The van der Waals surface area contributed by atoms with E-state index in [9.17, 15) is 13.2 Å². The summed E-state index contributed by atoms with van der Waals surface area (Å²) in [4.78, 5) is 14.5. The number of benzene rings is 2. The highest BCUT2D eigenvalue weighted by atomic mass is 32.2. The minimum Gasteiger partial charge on any atom is -0.497 e. The molecule has 150 valence electrons. The van der Waals surface area contributed by atoms with E-state index in [1.807, 2.05) is 12.1 Å². The third-order valence-electron chi connectivity index (χ3n) is 4.75. The van der Waals surface area contributed by atoms with Crippen molar-refractivity contribution in [2.24, 2.45) is 0 Å². The Morgan fingerprint density at radius 2 is 1.71 bits per heavy atom. The van der Waals surface area contributed by atoms with Crippen LogP contribution < -0.4 is 14.2 Å². The second-order valence-corrected chi connectivity index (χ2v) is 8.49. The molecule has 1 heterocycles. The highest BCUT2D eigenvalue weighted by Gasteiger charge is 2.21. The fourth-order valence-electron chi connectivity index (χ4n) is 3.18. The summed E-state index contributed by atoms with van der Waals surface area (Å²) in [5, 5.41) is 0. The summed E-state index contributed by atoms with van der Waals surface area (Å²) in [5.74, 6) is -0.0360. The zero-order chi connectivity index (χ0) is 20.1. The highest BCUT2D eigenvalue weighted by Crippen LogP contribution is 2.22. The summed E-state index contributed by atoms with van der Waals surface area (Å²) in [7, 11) is -0.843. The normalized spacial score (nSPS) is 14.2. The van der Waals surface area contributed by atoms with Crippen molar-refractivity contribution in [3.8, 4) is 11.5 Å². The van der Waals surface area contributed by atoms with Crippen molar-refractivity contribution in [2.75, 3.05) is 33.1 Å². The summed E-state index contributed by atoms with van der Waals surface area (Å²) in [6, 6.07) is 12.7. The first-order valence-corrected chi connectivity index (χ1v) is 10.6. The lowest BCUT2D eigenvalue weighted by atomic mass is 10.0. The number of ether oxygens (including phenoxy) is 2. The Morgan fingerprint density at radius 1 is 1.07 bits per heavy atom. The van der Waals surface area contributed by atoms with Crippen LogP contribution in [0.3, 0.4) is 0 Å². The molecule has 0 radical (unpaired) electrons. The van der Waals surface area contributed by atoms with Gasteiger partial charge in [-0.15, -0.1) is 0 Å². The van der Waals surface area contributed by atoms with Gasteiger partial charge in [-0.2, -0.15) is 0 Å². The molecular weight excluding hydrogens is 380 g/mol. The van der Waals surface area contributed by atoms with E-state index >= 15 is 0 Å². The van der Waals surface area contributed by atoms with Crippen LogP contribution in [0.15, 0.2) is 42.5 Å². The standard InChI is InChI=1S/C20H24N2O5S/c1-26-18-11-17(12-19(13-18)27-2)20(23)21-28(24,25)10-9-22-8-7-15-5-3-4-6-16(15)14-22/h3-6,11-13H,7-10,14H2,1-2H3,(H,21,23). The molecule has 1 aliphatic heterocycles. The van der Waals surface area contributed by atoms with Crippen molar-refractivity contribution in [1.29, 1.82) is 0 Å². The fraction of sp³-hybridized carbons (Fsp3) is 0.350. The van der Waals surface area contributed by atoms with Crippen LogP contribution in [0.2, 0.25) is 0 Å². The Kier molecular flexibility index (Phi) is 6.21. The van der Waals surface area contributed by atoms with E-state index in [4.69, 9.17) is 9.47 Å². The monoisotopic (exact) mass is 404 g/mol. The number of carbonyl (C=O) groups excluding carboxylic acids is 1. The minimum absolute atomic E-state index is 0.151. The van der Waals surface area contributed by atoms with E-state index in [1.54, 1.807) is 6.07 Å². The molecule has 1 N–H and O–H groups in total. The number of nitrogens with zero attached hydrogens (tertiary/aromatic N) is 1. The van der Waals surface area contributed by atoms with E-state index < -0.39 is 15.9 Å². The first kappa shape index (κ1) is 20.2. The van der Waals surface area contributed by atoms with Gasteiger partial charge >= 0.3 is 0 Å². The Hall–Kier alpha value is -2.58. The number of sulfonamides is 1. The van der Waals surface area contributed by atoms with Crippen LogP contribution in [-0.2, 0) is 23.0 Å². The lowest BCUT2D eigenvalue weighted by molar-refractivity contribution is 0.0980. The van der Waals surface area contributed by atoms with E-state index in [0.29, 0.717) is 24.6 Å². The van der Waals surface area contributed by atoms with Gasteiger partial charge in [0.15, 0.2) is 0 Å². The molecule has 7 nitrogen and oxygen atoms in total. The topological polar surface area (TPSA) is 84.9 Å². The fourth-order valence-corrected chi connectivity index (χ4v) is 4.18. The molecule has 1 aliphatic rings. The maximum absolute atomic E-state index is 12.4. The van der Waals surface area contributed by atoms with Crippen LogP contribution in [0.5, 0.6) is 11.5 Å². The van der Waals surface area contributed by atoms with Crippen LogP contribution in [0, 0.1) is 0 Å². The molecule has 0 bridgehead atoms. The van der Waals surface area contributed by atoms with Crippen molar-refractivity contribution in [3.05, 3.63) is 59.2 Å². The SMILES string of the molecule is COc1cc(OC)cc(C(=O)NS(=O)(=O)CCN2CCc3ccccc3C2)c1. The number of amides is 1. The predicted molar refractivity (Wildman–Crippen MR) is 106 cm³/mol. The van der Waals surface area contributed by atoms with E-state index in [0.717, 1.165) is 13.0 Å². The van der Waals surface area contributed by atoms with Gasteiger partial charge in [0.25, 0.3) is 5.91 Å². The number of carbonyl (C=O) groups is 1. The molecule has 28 heavy (non-hydrogen) atoms. The number of methoxy groups -OCH3 is 2. The molecule has 2 aromatic carbocycles. The van der Waals surface area contributed by atoms with Gasteiger partial charge in [-0.3, -0.25) is 9.69 Å². The summed E-state index contributed by atoms with van der Waals surface area (Å²) in [6.07, 6.45) is 0.895. The summed E-state index contributed by atoms with van der Waals surface area (Å²) >= 11 is 0. The molecule has 8 heteroatoms. The highest BCUT2D eigenvalue weighted by molar-refractivity contribution is 7.90. The second kappa shape index (κ2) is 8.62. The lowest BCUT2D eigenvalue weighted by Gasteiger charge is -2.28. The van der Waals surface area contributed by atoms with Crippen LogP contribution in [0.4, 0.5) is 0 Å². The molecule has 0 fully saturated rings. The first-order valence-electron chi connectivity index (χ1n) is 8.97. The summed E-state index contributed by atoms with van der Waals surface area (Å²) in [6.45, 7) is 1.87. The maximum atomic E-state index is 12.4. The minimum atomic E-state index is -3.77. The van der Waals surface area contributed by atoms with Gasteiger partial charge in [0.2, 0.25) is 10.0 Å². The summed E-state index contributed by atoms with van der Waals surface area (Å²) < 4.78 is 37.1. The third kappa shape index (κ3) is 5.02. The Balaban J connectivity index is 1.60. The predicted octanol–water partition coefficient (Wildman–Crippen LogP) is 1.82.